The second-order valence-corrected chi connectivity index (χ2v) is 5.26. The lowest BCUT2D eigenvalue weighted by Crippen LogP contribution is -2.27. The lowest BCUT2D eigenvalue weighted by molar-refractivity contribution is 0.353. The van der Waals surface area contributed by atoms with Crippen LogP contribution in [0.4, 0.5) is 0 Å². The number of rotatable bonds is 8. The fourth-order valence-corrected chi connectivity index (χ4v) is 2.61. The van der Waals surface area contributed by atoms with Gasteiger partial charge in [0.15, 0.2) is 11.5 Å². The van der Waals surface area contributed by atoms with E-state index in [4.69, 9.17) is 15.9 Å². The van der Waals surface area contributed by atoms with Crippen LogP contribution in [0.25, 0.3) is 0 Å². The molecule has 0 radical (unpaired) electrons. The van der Waals surface area contributed by atoms with Crippen molar-refractivity contribution in [3.8, 4) is 23.8 Å². The minimum absolute atomic E-state index is 0.114. The minimum atomic E-state index is 0.114. The topological polar surface area (TPSA) is 30.5 Å². The summed E-state index contributed by atoms with van der Waals surface area (Å²) in [6.07, 6.45) is 9.64. The van der Waals surface area contributed by atoms with Gasteiger partial charge in [-0.15, -0.1) is 18.2 Å². The summed E-state index contributed by atoms with van der Waals surface area (Å²) in [6, 6.07) is 4.13. The minimum Gasteiger partial charge on any atom is -0.493 e. The van der Waals surface area contributed by atoms with E-state index in [1.54, 1.807) is 26.0 Å². The van der Waals surface area contributed by atoms with Gasteiger partial charge in [-0.1, -0.05) is 19.3 Å². The predicted octanol–water partition coefficient (Wildman–Crippen LogP) is 3.32. The van der Waals surface area contributed by atoms with Crippen LogP contribution in [0.2, 0.25) is 0 Å². The fraction of sp³-hybridized carbons (Fsp3) is 0.500. The SMILES string of the molecule is C#CC(CCC)NCc1cc(OC)c(OC)cc1SC. The van der Waals surface area contributed by atoms with E-state index in [1.165, 1.54) is 10.5 Å². The highest BCUT2D eigenvalue weighted by atomic mass is 32.2. The molecule has 1 aromatic carbocycles. The molecule has 0 fully saturated rings. The van der Waals surface area contributed by atoms with Crippen LogP contribution in [0.15, 0.2) is 17.0 Å². The van der Waals surface area contributed by atoms with Crippen LogP contribution < -0.4 is 14.8 Å². The summed E-state index contributed by atoms with van der Waals surface area (Å²) in [5.74, 6) is 4.29. The molecule has 0 heterocycles. The van der Waals surface area contributed by atoms with Crippen molar-refractivity contribution in [2.45, 2.75) is 37.2 Å². The third-order valence-electron chi connectivity index (χ3n) is 3.10. The molecular formula is C16H23NO2S. The van der Waals surface area contributed by atoms with Crippen LogP contribution in [0.1, 0.15) is 25.3 Å². The number of terminal acetylenes is 1. The summed E-state index contributed by atoms with van der Waals surface area (Å²) >= 11 is 1.69. The number of hydrogen-bond acceptors (Lipinski definition) is 4. The molecule has 1 aromatic rings. The van der Waals surface area contributed by atoms with Crippen molar-refractivity contribution in [1.29, 1.82) is 0 Å². The van der Waals surface area contributed by atoms with Crippen LogP contribution in [0.3, 0.4) is 0 Å². The molecule has 1 atom stereocenters. The third-order valence-corrected chi connectivity index (χ3v) is 3.92. The Balaban J connectivity index is 2.90. The molecule has 0 aromatic heterocycles. The average Bonchev–Trinajstić information content (AvgIpc) is 2.50. The average molecular weight is 293 g/mol. The van der Waals surface area contributed by atoms with E-state index < -0.39 is 0 Å². The highest BCUT2D eigenvalue weighted by Gasteiger charge is 2.12. The summed E-state index contributed by atoms with van der Waals surface area (Å²) in [4.78, 5) is 1.17. The van der Waals surface area contributed by atoms with E-state index in [0.717, 1.165) is 30.9 Å². The first-order valence-electron chi connectivity index (χ1n) is 6.68. The van der Waals surface area contributed by atoms with E-state index in [2.05, 4.69) is 24.4 Å². The van der Waals surface area contributed by atoms with Gasteiger partial charge in [0, 0.05) is 11.4 Å². The molecule has 1 N–H and O–H groups in total. The first-order valence-corrected chi connectivity index (χ1v) is 7.91. The lowest BCUT2D eigenvalue weighted by atomic mass is 10.1. The zero-order chi connectivity index (χ0) is 15.0. The molecule has 0 amide bonds. The van der Waals surface area contributed by atoms with Gasteiger partial charge in [-0.3, -0.25) is 5.32 Å². The van der Waals surface area contributed by atoms with Crippen LogP contribution in [0.5, 0.6) is 11.5 Å². The Morgan fingerprint density at radius 3 is 2.45 bits per heavy atom. The zero-order valence-electron chi connectivity index (χ0n) is 12.7. The fourth-order valence-electron chi connectivity index (χ4n) is 2.00. The molecule has 0 aliphatic heterocycles. The standard InChI is InChI=1S/C16H23NO2S/c1-6-8-13(7-2)17-11-12-9-14(18-3)15(19-4)10-16(12)20-5/h2,9-10,13,17H,6,8,11H2,1,3-5H3. The van der Waals surface area contributed by atoms with Crippen molar-refractivity contribution in [2.24, 2.45) is 0 Å². The Kier molecular flexibility index (Phi) is 7.35. The van der Waals surface area contributed by atoms with Gasteiger partial charge in [-0.25, -0.2) is 0 Å². The predicted molar refractivity (Wildman–Crippen MR) is 85.7 cm³/mol. The Hall–Kier alpha value is -1.31. The van der Waals surface area contributed by atoms with Crippen LogP contribution in [-0.2, 0) is 6.54 Å². The van der Waals surface area contributed by atoms with E-state index in [-0.39, 0.29) is 6.04 Å². The van der Waals surface area contributed by atoms with Gasteiger partial charge < -0.3 is 9.47 Å². The largest absolute Gasteiger partial charge is 0.493 e. The van der Waals surface area contributed by atoms with Crippen LogP contribution in [0, 0.1) is 12.3 Å². The summed E-state index contributed by atoms with van der Waals surface area (Å²) < 4.78 is 10.7. The molecule has 0 aliphatic rings. The second kappa shape index (κ2) is 8.78. The molecule has 20 heavy (non-hydrogen) atoms. The number of benzene rings is 1. The number of ether oxygens (including phenoxy) is 2. The maximum absolute atomic E-state index is 5.53. The Labute approximate surface area is 126 Å². The maximum Gasteiger partial charge on any atom is 0.161 e. The van der Waals surface area contributed by atoms with Crippen LogP contribution >= 0.6 is 11.8 Å². The molecule has 0 saturated heterocycles. The molecule has 110 valence electrons. The maximum atomic E-state index is 5.53. The van der Waals surface area contributed by atoms with Gasteiger partial charge in [0.2, 0.25) is 0 Å². The molecule has 3 nitrogen and oxygen atoms in total. The van der Waals surface area contributed by atoms with E-state index >= 15 is 0 Å². The van der Waals surface area contributed by atoms with Gasteiger partial charge in [0.1, 0.15) is 0 Å². The molecule has 1 unspecified atom stereocenters. The van der Waals surface area contributed by atoms with Gasteiger partial charge in [-0.05, 0) is 30.4 Å². The van der Waals surface area contributed by atoms with Gasteiger partial charge in [0.25, 0.3) is 0 Å². The molecular weight excluding hydrogens is 270 g/mol. The monoisotopic (exact) mass is 293 g/mol. The van der Waals surface area contributed by atoms with Crippen molar-refractivity contribution in [2.75, 3.05) is 20.5 Å². The highest BCUT2D eigenvalue weighted by Crippen LogP contribution is 2.34. The Morgan fingerprint density at radius 1 is 1.30 bits per heavy atom. The Morgan fingerprint density at radius 2 is 1.95 bits per heavy atom. The molecule has 0 aliphatic carbocycles. The van der Waals surface area contributed by atoms with E-state index in [1.807, 2.05) is 12.1 Å². The smallest absolute Gasteiger partial charge is 0.161 e. The first kappa shape index (κ1) is 16.7. The van der Waals surface area contributed by atoms with Gasteiger partial charge >= 0.3 is 0 Å². The second-order valence-electron chi connectivity index (χ2n) is 4.41. The van der Waals surface area contributed by atoms with E-state index in [0.29, 0.717) is 0 Å². The normalized spacial score (nSPS) is 11.8. The number of methoxy groups -OCH3 is 2. The van der Waals surface area contributed by atoms with Crippen molar-refractivity contribution >= 4 is 11.8 Å². The summed E-state index contributed by atoms with van der Waals surface area (Å²) in [5.41, 5.74) is 1.17. The van der Waals surface area contributed by atoms with E-state index in [9.17, 15) is 0 Å². The third kappa shape index (κ3) is 4.36. The molecule has 0 bridgehead atoms. The highest BCUT2D eigenvalue weighted by molar-refractivity contribution is 7.98. The summed E-state index contributed by atoms with van der Waals surface area (Å²) in [5, 5.41) is 3.40. The van der Waals surface area contributed by atoms with Crippen molar-refractivity contribution < 1.29 is 9.47 Å². The molecule has 4 heteroatoms. The van der Waals surface area contributed by atoms with Crippen molar-refractivity contribution in [3.05, 3.63) is 17.7 Å². The zero-order valence-corrected chi connectivity index (χ0v) is 13.5. The van der Waals surface area contributed by atoms with Crippen molar-refractivity contribution in [1.82, 2.24) is 5.32 Å². The molecule has 0 saturated carbocycles. The van der Waals surface area contributed by atoms with Gasteiger partial charge in [-0.2, -0.15) is 0 Å². The summed E-state index contributed by atoms with van der Waals surface area (Å²) in [7, 11) is 3.30. The molecule has 1 rings (SSSR count). The summed E-state index contributed by atoms with van der Waals surface area (Å²) in [6.45, 7) is 2.86. The Bertz CT molecular complexity index is 468. The first-order chi connectivity index (χ1) is 9.69. The van der Waals surface area contributed by atoms with Gasteiger partial charge in [0.05, 0.1) is 20.3 Å². The van der Waals surface area contributed by atoms with Crippen LogP contribution in [-0.4, -0.2) is 26.5 Å². The molecule has 0 spiro atoms. The number of hydrogen-bond donors (Lipinski definition) is 1. The lowest BCUT2D eigenvalue weighted by Gasteiger charge is -2.16. The number of thioether (sulfide) groups is 1. The quantitative estimate of drug-likeness (QED) is 0.588. The number of nitrogens with one attached hydrogen (secondary N) is 1. The van der Waals surface area contributed by atoms with Crippen molar-refractivity contribution in [3.63, 3.8) is 0 Å².